The van der Waals surface area contributed by atoms with Gasteiger partial charge in [0.25, 0.3) is 0 Å². The van der Waals surface area contributed by atoms with Crippen molar-refractivity contribution in [3.8, 4) is 0 Å². The molecule has 1 aromatic carbocycles. The summed E-state index contributed by atoms with van der Waals surface area (Å²) in [6.07, 6.45) is 0. The minimum absolute atomic E-state index is 0. The van der Waals surface area contributed by atoms with Crippen LogP contribution < -0.4 is 4.48 Å². The van der Waals surface area contributed by atoms with Crippen molar-refractivity contribution in [2.45, 2.75) is 0 Å². The Bertz CT molecular complexity index is 403. The Balaban J connectivity index is 0.00000256. The molecule has 0 N–H and O–H groups in total. The predicted octanol–water partition coefficient (Wildman–Crippen LogP) is 1.79. The van der Waals surface area contributed by atoms with Gasteiger partial charge in [-0.15, -0.1) is 0 Å². The zero-order valence-electron chi connectivity index (χ0n) is 11.8. The zero-order valence-corrected chi connectivity index (χ0v) is 13.2. The fourth-order valence-corrected chi connectivity index (χ4v) is 1.60. The van der Waals surface area contributed by atoms with Crippen molar-refractivity contribution in [1.82, 2.24) is 4.48 Å². The van der Waals surface area contributed by atoms with Crippen molar-refractivity contribution in [3.05, 3.63) is 29.8 Å². The molecule has 1 amide bonds. The van der Waals surface area contributed by atoms with Gasteiger partial charge in [0.2, 0.25) is 0 Å². The molecule has 0 bridgehead atoms. The van der Waals surface area contributed by atoms with Crippen LogP contribution in [0.5, 0.6) is 0 Å². The molecule has 0 aliphatic carbocycles. The minimum atomic E-state index is 0. The Morgan fingerprint density at radius 2 is 1.41 bits per heavy atom. The van der Waals surface area contributed by atoms with Crippen molar-refractivity contribution < 1.29 is 9.28 Å². The summed E-state index contributed by atoms with van der Waals surface area (Å²) in [5.74, 6) is 0.142. The van der Waals surface area contributed by atoms with Crippen LogP contribution >= 0.6 is 9.90 Å². The van der Waals surface area contributed by atoms with Gasteiger partial charge in [0.05, 0.1) is 42.3 Å². The number of carbonyl (C=O) groups is 1. The van der Waals surface area contributed by atoms with Gasteiger partial charge in [-0.3, -0.25) is 8.97 Å². The highest BCUT2D eigenvalue weighted by Crippen LogP contribution is 2.24. The molecule has 17 heavy (non-hydrogen) atoms. The second-order valence-electron chi connectivity index (χ2n) is 5.85. The van der Waals surface area contributed by atoms with Crippen molar-refractivity contribution >= 4 is 21.5 Å². The van der Waals surface area contributed by atoms with Crippen LogP contribution in [0.25, 0.3) is 0 Å². The summed E-state index contributed by atoms with van der Waals surface area (Å²) in [6.45, 7) is 0. The van der Waals surface area contributed by atoms with Crippen molar-refractivity contribution in [2.24, 2.45) is 0 Å². The SMILES string of the molecule is C[N+](C)(C)C(=O)c1ccccc1[N+](C)(C)C.P. The number of benzene rings is 1. The lowest BCUT2D eigenvalue weighted by atomic mass is 10.1. The molecule has 4 heteroatoms. The number of quaternary nitrogens is 2. The van der Waals surface area contributed by atoms with Gasteiger partial charge in [-0.05, 0) is 6.07 Å². The molecule has 3 nitrogen and oxygen atoms in total. The molecule has 0 spiro atoms. The van der Waals surface area contributed by atoms with Crippen LogP contribution in [0.4, 0.5) is 5.69 Å². The van der Waals surface area contributed by atoms with E-state index in [-0.39, 0.29) is 15.8 Å². The highest BCUT2D eigenvalue weighted by molar-refractivity contribution is 6.92. The monoisotopic (exact) mass is 256 g/mol. The Kier molecular flexibility index (Phi) is 5.02. The van der Waals surface area contributed by atoms with Crippen molar-refractivity contribution in [2.75, 3.05) is 42.3 Å². The zero-order chi connectivity index (χ0) is 12.6. The second kappa shape index (κ2) is 5.26. The number of hydrogen-bond acceptors (Lipinski definition) is 1. The molecule has 1 unspecified atom stereocenters. The van der Waals surface area contributed by atoms with Gasteiger partial charge in [-0.1, -0.05) is 12.1 Å². The summed E-state index contributed by atoms with van der Waals surface area (Å²) in [7, 11) is 11.9. The van der Waals surface area contributed by atoms with Crippen LogP contribution in [-0.2, 0) is 0 Å². The van der Waals surface area contributed by atoms with E-state index in [1.54, 1.807) is 0 Å². The topological polar surface area (TPSA) is 17.1 Å². The molecule has 0 aliphatic heterocycles. The normalized spacial score (nSPS) is 11.9. The molecule has 1 atom stereocenters. The van der Waals surface area contributed by atoms with E-state index >= 15 is 0 Å². The molecule has 0 heterocycles. The van der Waals surface area contributed by atoms with E-state index < -0.39 is 0 Å². The van der Waals surface area contributed by atoms with Crippen molar-refractivity contribution in [3.63, 3.8) is 0 Å². The lowest BCUT2D eigenvalue weighted by Crippen LogP contribution is -2.43. The molecule has 1 rings (SSSR count). The molecule has 96 valence electrons. The smallest absolute Gasteiger partial charge is 0.298 e. The molecule has 0 aliphatic rings. The average Bonchev–Trinajstić information content (AvgIpc) is 2.14. The van der Waals surface area contributed by atoms with Crippen LogP contribution in [0.3, 0.4) is 0 Å². The Morgan fingerprint density at radius 1 is 0.941 bits per heavy atom. The van der Waals surface area contributed by atoms with E-state index in [4.69, 9.17) is 0 Å². The molecule has 0 aromatic heterocycles. The summed E-state index contributed by atoms with van der Waals surface area (Å²) in [5.41, 5.74) is 1.86. The number of para-hydroxylation sites is 1. The first-order valence-corrected chi connectivity index (χ1v) is 5.41. The van der Waals surface area contributed by atoms with E-state index in [2.05, 4.69) is 21.1 Å². The summed E-state index contributed by atoms with van der Waals surface area (Å²) in [5, 5.41) is 0. The van der Waals surface area contributed by atoms with Gasteiger partial charge in [0, 0.05) is 6.07 Å². The molecule has 0 saturated carbocycles. The third-order valence-corrected chi connectivity index (χ3v) is 2.47. The first-order chi connectivity index (χ1) is 7.14. The van der Waals surface area contributed by atoms with Gasteiger partial charge in [0.15, 0.2) is 0 Å². The maximum absolute atomic E-state index is 12.3. The van der Waals surface area contributed by atoms with Gasteiger partial charge < -0.3 is 0 Å². The third kappa shape index (κ3) is 3.88. The van der Waals surface area contributed by atoms with Crippen LogP contribution in [0, 0.1) is 0 Å². The minimum Gasteiger partial charge on any atom is -0.298 e. The summed E-state index contributed by atoms with van der Waals surface area (Å²) in [6, 6.07) is 7.82. The third-order valence-electron chi connectivity index (χ3n) is 2.47. The number of amides is 1. The summed E-state index contributed by atoms with van der Waals surface area (Å²) in [4.78, 5) is 12.3. The molecular weight excluding hydrogens is 231 g/mol. The van der Waals surface area contributed by atoms with Gasteiger partial charge in [0.1, 0.15) is 11.3 Å². The molecular formula is C13H25N2OP+2. The number of rotatable bonds is 2. The number of carbonyl (C=O) groups excluding carboxylic acids is 1. The number of hydrogen-bond donors (Lipinski definition) is 0. The van der Waals surface area contributed by atoms with Crippen molar-refractivity contribution in [1.29, 1.82) is 0 Å². The van der Waals surface area contributed by atoms with E-state index in [9.17, 15) is 4.79 Å². The maximum Gasteiger partial charge on any atom is 0.351 e. The lowest BCUT2D eigenvalue weighted by Gasteiger charge is -2.27. The van der Waals surface area contributed by atoms with Crippen LogP contribution in [0.1, 0.15) is 10.4 Å². The standard InChI is InChI=1S/C13H22N2O.H3P/c1-14(2,3)12-10-8-7-9-11(12)13(16)15(4,5)6;/h7-10H,1-6H3;1H3/q+2;. The van der Waals surface area contributed by atoms with Gasteiger partial charge in [-0.25, -0.2) is 4.79 Å². The van der Waals surface area contributed by atoms with Crippen LogP contribution in [0.2, 0.25) is 0 Å². The van der Waals surface area contributed by atoms with E-state index in [1.807, 2.05) is 45.4 Å². The highest BCUT2D eigenvalue weighted by Gasteiger charge is 2.30. The molecule has 0 radical (unpaired) electrons. The van der Waals surface area contributed by atoms with E-state index in [0.29, 0.717) is 8.97 Å². The van der Waals surface area contributed by atoms with Gasteiger partial charge >= 0.3 is 5.91 Å². The molecule has 0 fully saturated rings. The summed E-state index contributed by atoms with van der Waals surface area (Å²) < 4.78 is 0.971. The van der Waals surface area contributed by atoms with E-state index in [0.717, 1.165) is 11.3 Å². The quantitative estimate of drug-likeness (QED) is 0.582. The average molecular weight is 256 g/mol. The molecule has 1 aromatic rings. The Labute approximate surface area is 108 Å². The molecule has 0 saturated heterocycles. The highest BCUT2D eigenvalue weighted by atomic mass is 31.0. The van der Waals surface area contributed by atoms with Gasteiger partial charge in [-0.2, -0.15) is 9.90 Å². The number of nitrogens with zero attached hydrogens (tertiary/aromatic N) is 2. The maximum atomic E-state index is 12.3. The second-order valence-corrected chi connectivity index (χ2v) is 5.85. The van der Waals surface area contributed by atoms with Crippen LogP contribution in [0.15, 0.2) is 24.3 Å². The van der Waals surface area contributed by atoms with Crippen LogP contribution in [-0.4, -0.2) is 52.7 Å². The first-order valence-electron chi connectivity index (χ1n) is 5.41. The van der Waals surface area contributed by atoms with E-state index in [1.165, 1.54) is 0 Å². The summed E-state index contributed by atoms with van der Waals surface area (Å²) >= 11 is 0. The lowest BCUT2D eigenvalue weighted by molar-refractivity contribution is -0.785. The Morgan fingerprint density at radius 3 is 1.82 bits per heavy atom. The Hall–Kier alpha value is -0.760. The first kappa shape index (κ1) is 16.2. The fourth-order valence-electron chi connectivity index (χ4n) is 1.60. The fraction of sp³-hybridized carbons (Fsp3) is 0.462. The largest absolute Gasteiger partial charge is 0.351 e. The predicted molar refractivity (Wildman–Crippen MR) is 79.5 cm³/mol.